The topological polar surface area (TPSA) is 67.9 Å². The fraction of sp³-hybridized carbons (Fsp3) is 0.600. The molecule has 0 spiro atoms. The molecule has 1 aliphatic rings. The van der Waals surface area contributed by atoms with Crippen molar-refractivity contribution in [2.45, 2.75) is 20.0 Å². The van der Waals surface area contributed by atoms with E-state index < -0.39 is 4.92 Å². The molecule has 0 fully saturated rings. The Balaban J connectivity index is 2.90. The standard InChI is InChI=1S/C5H7N3O2/c1-3-5(8(9)10)7-4(2)6-3/h4H,1-2H3. The monoisotopic (exact) mass is 141 g/mol. The molecule has 1 atom stereocenters. The van der Waals surface area contributed by atoms with E-state index in [1.165, 1.54) is 0 Å². The summed E-state index contributed by atoms with van der Waals surface area (Å²) in [5.74, 6) is -0.104. The summed E-state index contributed by atoms with van der Waals surface area (Å²) in [6.07, 6.45) is -0.277. The minimum absolute atomic E-state index is 0.104. The van der Waals surface area contributed by atoms with Gasteiger partial charge in [-0.3, -0.25) is 0 Å². The van der Waals surface area contributed by atoms with Crippen molar-refractivity contribution in [3.63, 3.8) is 0 Å². The van der Waals surface area contributed by atoms with E-state index in [0.717, 1.165) is 0 Å². The molecule has 54 valence electrons. The second-order valence-electron chi connectivity index (χ2n) is 2.06. The number of rotatable bonds is 0. The largest absolute Gasteiger partial charge is 0.381 e. The highest BCUT2D eigenvalue weighted by atomic mass is 16.6. The molecule has 0 bridgehead atoms. The summed E-state index contributed by atoms with van der Waals surface area (Å²) in [6, 6.07) is 0. The zero-order valence-electron chi connectivity index (χ0n) is 5.74. The maximum Gasteiger partial charge on any atom is 0.381 e. The van der Waals surface area contributed by atoms with Crippen LogP contribution >= 0.6 is 0 Å². The van der Waals surface area contributed by atoms with Crippen molar-refractivity contribution < 1.29 is 4.92 Å². The smallest absolute Gasteiger partial charge is 0.358 e. The normalized spacial score (nSPS) is 24.0. The van der Waals surface area contributed by atoms with Gasteiger partial charge in [-0.05, 0) is 11.8 Å². The third-order valence-electron chi connectivity index (χ3n) is 1.19. The van der Waals surface area contributed by atoms with Gasteiger partial charge in [-0.1, -0.05) is 4.99 Å². The highest BCUT2D eigenvalue weighted by Crippen LogP contribution is 2.04. The van der Waals surface area contributed by atoms with Crippen LogP contribution < -0.4 is 0 Å². The first-order valence-corrected chi connectivity index (χ1v) is 2.88. The summed E-state index contributed by atoms with van der Waals surface area (Å²) < 4.78 is 0. The minimum Gasteiger partial charge on any atom is -0.358 e. The van der Waals surface area contributed by atoms with Crippen molar-refractivity contribution in [3.05, 3.63) is 10.1 Å². The van der Waals surface area contributed by atoms with Gasteiger partial charge in [-0.15, -0.1) is 0 Å². The van der Waals surface area contributed by atoms with E-state index in [-0.39, 0.29) is 12.0 Å². The molecule has 0 saturated heterocycles. The zero-order chi connectivity index (χ0) is 7.72. The Hall–Kier alpha value is -1.26. The molecule has 0 radical (unpaired) electrons. The van der Waals surface area contributed by atoms with Crippen LogP contribution in [-0.2, 0) is 0 Å². The van der Waals surface area contributed by atoms with Gasteiger partial charge in [0.25, 0.3) is 0 Å². The predicted molar refractivity (Wildman–Crippen MR) is 37.0 cm³/mol. The van der Waals surface area contributed by atoms with Crippen molar-refractivity contribution in [1.29, 1.82) is 0 Å². The lowest BCUT2D eigenvalue weighted by Gasteiger charge is -1.88. The summed E-state index contributed by atoms with van der Waals surface area (Å²) in [6.45, 7) is 3.30. The lowest BCUT2D eigenvalue weighted by molar-refractivity contribution is -0.346. The van der Waals surface area contributed by atoms with Crippen molar-refractivity contribution in [2.24, 2.45) is 9.98 Å². The molecule has 5 heteroatoms. The molecule has 0 amide bonds. The van der Waals surface area contributed by atoms with Gasteiger partial charge in [-0.25, -0.2) is 4.99 Å². The van der Waals surface area contributed by atoms with Crippen molar-refractivity contribution in [3.8, 4) is 0 Å². The Morgan fingerprint density at radius 3 is 2.40 bits per heavy atom. The highest BCUT2D eigenvalue weighted by molar-refractivity contribution is 6.38. The Kier molecular flexibility index (Phi) is 1.48. The highest BCUT2D eigenvalue weighted by Gasteiger charge is 2.25. The Labute approximate surface area is 57.6 Å². The first-order valence-electron chi connectivity index (χ1n) is 2.88. The molecule has 1 heterocycles. The summed E-state index contributed by atoms with van der Waals surface area (Å²) in [5.41, 5.74) is 0.414. The second kappa shape index (κ2) is 2.17. The van der Waals surface area contributed by atoms with Crippen LogP contribution in [0.15, 0.2) is 9.98 Å². The number of hydrogen-bond donors (Lipinski definition) is 0. The fourth-order valence-corrected chi connectivity index (χ4v) is 0.816. The average molecular weight is 141 g/mol. The van der Waals surface area contributed by atoms with Crippen molar-refractivity contribution >= 4 is 11.5 Å². The molecule has 0 aromatic rings. The number of nitrogens with zero attached hydrogens (tertiary/aromatic N) is 3. The van der Waals surface area contributed by atoms with E-state index in [4.69, 9.17) is 0 Å². The fourth-order valence-electron chi connectivity index (χ4n) is 0.816. The summed E-state index contributed by atoms with van der Waals surface area (Å²) in [4.78, 5) is 17.2. The number of nitro groups is 1. The van der Waals surface area contributed by atoms with E-state index in [0.29, 0.717) is 5.71 Å². The average Bonchev–Trinajstić information content (AvgIpc) is 2.10. The van der Waals surface area contributed by atoms with Gasteiger partial charge in [0.15, 0.2) is 0 Å². The molecule has 0 N–H and O–H groups in total. The Morgan fingerprint density at radius 2 is 2.20 bits per heavy atom. The van der Waals surface area contributed by atoms with Crippen LogP contribution in [0.25, 0.3) is 0 Å². The predicted octanol–water partition coefficient (Wildman–Crippen LogP) is 0.482. The summed E-state index contributed by atoms with van der Waals surface area (Å²) in [7, 11) is 0. The minimum atomic E-state index is -0.512. The Bertz CT molecular complexity index is 231. The van der Waals surface area contributed by atoms with Gasteiger partial charge in [-0.2, -0.15) is 0 Å². The molecule has 0 saturated carbocycles. The molecule has 1 rings (SSSR count). The van der Waals surface area contributed by atoms with Crippen LogP contribution in [0, 0.1) is 10.1 Å². The quantitative estimate of drug-likeness (QED) is 0.363. The number of aliphatic imine (C=N–C) groups is 2. The van der Waals surface area contributed by atoms with E-state index in [1.807, 2.05) is 0 Å². The van der Waals surface area contributed by atoms with Crippen LogP contribution in [0.1, 0.15) is 13.8 Å². The second-order valence-corrected chi connectivity index (χ2v) is 2.06. The third kappa shape index (κ3) is 1.02. The molecular formula is C5H7N3O2. The van der Waals surface area contributed by atoms with Gasteiger partial charge in [0.05, 0.1) is 0 Å². The van der Waals surface area contributed by atoms with E-state index in [2.05, 4.69) is 9.98 Å². The van der Waals surface area contributed by atoms with Gasteiger partial charge >= 0.3 is 5.84 Å². The molecule has 0 aromatic carbocycles. The van der Waals surface area contributed by atoms with Crippen LogP contribution in [0.3, 0.4) is 0 Å². The Morgan fingerprint density at radius 1 is 1.60 bits per heavy atom. The van der Waals surface area contributed by atoms with Crippen LogP contribution in [-0.4, -0.2) is 22.6 Å². The lowest BCUT2D eigenvalue weighted by Crippen LogP contribution is -2.17. The van der Waals surface area contributed by atoms with Crippen LogP contribution in [0.2, 0.25) is 0 Å². The van der Waals surface area contributed by atoms with Crippen molar-refractivity contribution in [1.82, 2.24) is 0 Å². The molecule has 0 aliphatic carbocycles. The van der Waals surface area contributed by atoms with E-state index >= 15 is 0 Å². The SMILES string of the molecule is CC1=NC(C)N=C1[N+](=O)[O-]. The van der Waals surface area contributed by atoms with Gasteiger partial charge in [0, 0.05) is 6.92 Å². The molecular weight excluding hydrogens is 134 g/mol. The first-order chi connectivity index (χ1) is 4.61. The third-order valence-corrected chi connectivity index (χ3v) is 1.19. The number of hydrogen-bond acceptors (Lipinski definition) is 4. The van der Waals surface area contributed by atoms with Crippen molar-refractivity contribution in [2.75, 3.05) is 0 Å². The zero-order valence-corrected chi connectivity index (χ0v) is 5.74. The van der Waals surface area contributed by atoms with Crippen LogP contribution in [0.5, 0.6) is 0 Å². The maximum atomic E-state index is 10.2. The summed E-state index contributed by atoms with van der Waals surface area (Å²) in [5, 5.41) is 10.2. The van der Waals surface area contributed by atoms with Gasteiger partial charge in [0.2, 0.25) is 6.17 Å². The molecule has 1 unspecified atom stereocenters. The van der Waals surface area contributed by atoms with E-state index in [1.54, 1.807) is 13.8 Å². The first kappa shape index (κ1) is 6.85. The van der Waals surface area contributed by atoms with Crippen LogP contribution in [0.4, 0.5) is 0 Å². The number of amidine groups is 1. The molecule has 5 nitrogen and oxygen atoms in total. The van der Waals surface area contributed by atoms with E-state index in [9.17, 15) is 10.1 Å². The van der Waals surface area contributed by atoms with Gasteiger partial charge < -0.3 is 10.1 Å². The van der Waals surface area contributed by atoms with Gasteiger partial charge in [0.1, 0.15) is 5.71 Å². The molecule has 1 aliphatic heterocycles. The lowest BCUT2D eigenvalue weighted by atomic mass is 10.4. The summed E-state index contributed by atoms with van der Waals surface area (Å²) >= 11 is 0. The maximum absolute atomic E-state index is 10.2. The molecule has 0 aromatic heterocycles. The molecule has 10 heavy (non-hydrogen) atoms.